The third-order valence-corrected chi connectivity index (χ3v) is 6.23. The number of anilines is 1. The Hall–Kier alpha value is -1.04. The Labute approximate surface area is 163 Å². The Bertz CT molecular complexity index is 850. The normalized spacial score (nSPS) is 10.8. The highest BCUT2D eigenvalue weighted by molar-refractivity contribution is 8.01. The molecular weight excluding hydrogens is 405 g/mol. The zero-order valence-corrected chi connectivity index (χ0v) is 16.1. The summed E-state index contributed by atoms with van der Waals surface area (Å²) in [5.74, 6) is 0.00296. The number of benzene rings is 2. The van der Waals surface area contributed by atoms with Crippen LogP contribution in [0.2, 0.25) is 15.1 Å². The lowest BCUT2D eigenvalue weighted by Gasteiger charge is -2.11. The first-order valence-corrected chi connectivity index (χ1v) is 9.77. The largest absolute Gasteiger partial charge is 0.504 e. The van der Waals surface area contributed by atoms with Crippen LogP contribution in [0.4, 0.5) is 5.69 Å². The zero-order valence-electron chi connectivity index (χ0n) is 12.2. The third-order valence-electron chi connectivity index (χ3n) is 3.23. The molecule has 0 aliphatic carbocycles. The lowest BCUT2D eigenvalue weighted by molar-refractivity contribution is 0.477. The van der Waals surface area contributed by atoms with Crippen molar-refractivity contribution >= 4 is 63.6 Å². The Balaban J connectivity index is 1.73. The SMILES string of the molecule is Oc1c(Cl)cc(Cl)cc1NCc1ccsc1Sc1ccc(Cl)cc1. The minimum atomic E-state index is 0.00296. The summed E-state index contributed by atoms with van der Waals surface area (Å²) in [6.07, 6.45) is 0. The van der Waals surface area contributed by atoms with E-state index in [1.165, 1.54) is 10.3 Å². The zero-order chi connectivity index (χ0) is 17.1. The van der Waals surface area contributed by atoms with Gasteiger partial charge in [0.05, 0.1) is 14.9 Å². The highest BCUT2D eigenvalue weighted by Gasteiger charge is 2.10. The Morgan fingerprint density at radius 3 is 2.50 bits per heavy atom. The molecule has 0 bridgehead atoms. The minimum Gasteiger partial charge on any atom is -0.504 e. The number of phenols is 1. The van der Waals surface area contributed by atoms with Crippen molar-refractivity contribution in [2.45, 2.75) is 15.6 Å². The maximum Gasteiger partial charge on any atom is 0.157 e. The number of nitrogens with one attached hydrogen (secondary N) is 1. The second-order valence-electron chi connectivity index (χ2n) is 4.93. The molecule has 0 amide bonds. The van der Waals surface area contributed by atoms with Gasteiger partial charge in [0.2, 0.25) is 0 Å². The van der Waals surface area contributed by atoms with Crippen LogP contribution in [0.25, 0.3) is 0 Å². The van der Waals surface area contributed by atoms with Crippen LogP contribution in [0.5, 0.6) is 5.75 Å². The van der Waals surface area contributed by atoms with E-state index in [4.69, 9.17) is 34.8 Å². The van der Waals surface area contributed by atoms with Crippen LogP contribution >= 0.6 is 57.9 Å². The second-order valence-corrected chi connectivity index (χ2v) is 8.46. The smallest absolute Gasteiger partial charge is 0.157 e. The molecule has 0 fully saturated rings. The summed E-state index contributed by atoms with van der Waals surface area (Å²) >= 11 is 21.2. The molecule has 3 aromatic rings. The van der Waals surface area contributed by atoms with E-state index in [1.807, 2.05) is 29.6 Å². The van der Waals surface area contributed by atoms with Crippen molar-refractivity contribution in [1.82, 2.24) is 0 Å². The molecule has 0 spiro atoms. The van der Waals surface area contributed by atoms with Crippen molar-refractivity contribution in [3.63, 3.8) is 0 Å². The maximum atomic E-state index is 10.0. The Morgan fingerprint density at radius 2 is 1.75 bits per heavy atom. The molecular formula is C17H12Cl3NOS2. The third kappa shape index (κ3) is 4.32. The molecule has 7 heteroatoms. The molecule has 0 saturated carbocycles. The monoisotopic (exact) mass is 415 g/mol. The molecule has 0 atom stereocenters. The fraction of sp³-hybridized carbons (Fsp3) is 0.0588. The predicted molar refractivity (Wildman–Crippen MR) is 105 cm³/mol. The molecule has 124 valence electrons. The van der Waals surface area contributed by atoms with Gasteiger partial charge in [-0.25, -0.2) is 0 Å². The molecule has 2 aromatic carbocycles. The van der Waals surface area contributed by atoms with Gasteiger partial charge < -0.3 is 10.4 Å². The van der Waals surface area contributed by atoms with E-state index >= 15 is 0 Å². The number of hydrogen-bond donors (Lipinski definition) is 2. The van der Waals surface area contributed by atoms with Gasteiger partial charge >= 0.3 is 0 Å². The number of halogens is 3. The molecule has 0 aliphatic heterocycles. The van der Waals surface area contributed by atoms with Crippen LogP contribution in [0.15, 0.2) is 56.9 Å². The number of rotatable bonds is 5. The quantitative estimate of drug-likeness (QED) is 0.432. The molecule has 1 aromatic heterocycles. The Kier molecular flexibility index (Phi) is 5.85. The van der Waals surface area contributed by atoms with Crippen molar-refractivity contribution < 1.29 is 5.11 Å². The summed E-state index contributed by atoms with van der Waals surface area (Å²) in [5.41, 5.74) is 1.65. The van der Waals surface area contributed by atoms with Gasteiger partial charge in [0.25, 0.3) is 0 Å². The van der Waals surface area contributed by atoms with Crippen LogP contribution in [0.1, 0.15) is 5.56 Å². The van der Waals surface area contributed by atoms with E-state index in [2.05, 4.69) is 11.4 Å². The van der Waals surface area contributed by atoms with E-state index < -0.39 is 0 Å². The number of phenolic OH excluding ortho intramolecular Hbond substituents is 1. The standard InChI is InChI=1S/C17H12Cl3NOS2/c18-11-1-3-13(4-2-11)24-17-10(5-6-23-17)9-21-15-8-12(19)7-14(20)16(15)22/h1-8,21-22H,9H2. The summed E-state index contributed by atoms with van der Waals surface area (Å²) in [4.78, 5) is 1.12. The van der Waals surface area contributed by atoms with Gasteiger partial charge in [0.15, 0.2) is 5.75 Å². The van der Waals surface area contributed by atoms with Crippen molar-refractivity contribution in [3.8, 4) is 5.75 Å². The summed E-state index contributed by atoms with van der Waals surface area (Å²) in [6.45, 7) is 0.559. The molecule has 24 heavy (non-hydrogen) atoms. The van der Waals surface area contributed by atoms with Gasteiger partial charge in [0, 0.05) is 21.5 Å². The van der Waals surface area contributed by atoms with Crippen LogP contribution in [0, 0.1) is 0 Å². The number of hydrogen-bond acceptors (Lipinski definition) is 4. The predicted octanol–water partition coefficient (Wildman–Crippen LogP) is 7.18. The summed E-state index contributed by atoms with van der Waals surface area (Å²) in [6, 6.07) is 13.0. The topological polar surface area (TPSA) is 32.3 Å². The summed E-state index contributed by atoms with van der Waals surface area (Å²) < 4.78 is 1.18. The molecule has 0 unspecified atom stereocenters. The first-order chi connectivity index (χ1) is 11.5. The van der Waals surface area contributed by atoms with Gasteiger partial charge in [-0.1, -0.05) is 46.6 Å². The van der Waals surface area contributed by atoms with Crippen LogP contribution in [-0.4, -0.2) is 5.11 Å². The van der Waals surface area contributed by atoms with Crippen molar-refractivity contribution in [2.24, 2.45) is 0 Å². The summed E-state index contributed by atoms with van der Waals surface area (Å²) in [5, 5.41) is 16.7. The Morgan fingerprint density at radius 1 is 1.00 bits per heavy atom. The molecule has 3 rings (SSSR count). The molecule has 0 radical (unpaired) electrons. The van der Waals surface area contributed by atoms with Gasteiger partial charge in [0.1, 0.15) is 0 Å². The minimum absolute atomic E-state index is 0.00296. The highest BCUT2D eigenvalue weighted by atomic mass is 35.5. The van der Waals surface area contributed by atoms with E-state index in [0.29, 0.717) is 17.3 Å². The molecule has 1 heterocycles. The molecule has 0 aliphatic rings. The van der Waals surface area contributed by atoms with Crippen LogP contribution in [-0.2, 0) is 6.54 Å². The van der Waals surface area contributed by atoms with E-state index in [-0.39, 0.29) is 10.8 Å². The van der Waals surface area contributed by atoms with Gasteiger partial charge in [-0.3, -0.25) is 0 Å². The molecule has 2 nitrogen and oxygen atoms in total. The maximum absolute atomic E-state index is 10.0. The van der Waals surface area contributed by atoms with Crippen LogP contribution in [0.3, 0.4) is 0 Å². The highest BCUT2D eigenvalue weighted by Crippen LogP contribution is 2.38. The van der Waals surface area contributed by atoms with E-state index in [1.54, 1.807) is 29.2 Å². The van der Waals surface area contributed by atoms with Crippen LogP contribution < -0.4 is 5.32 Å². The van der Waals surface area contributed by atoms with Crippen molar-refractivity contribution in [1.29, 1.82) is 0 Å². The fourth-order valence-corrected chi connectivity index (χ4v) is 4.72. The lowest BCUT2D eigenvalue weighted by Crippen LogP contribution is -1.99. The fourth-order valence-electron chi connectivity index (χ4n) is 2.04. The number of aromatic hydroxyl groups is 1. The molecule has 0 saturated heterocycles. The second kappa shape index (κ2) is 7.89. The lowest BCUT2D eigenvalue weighted by atomic mass is 10.2. The first-order valence-electron chi connectivity index (χ1n) is 6.94. The summed E-state index contributed by atoms with van der Waals surface area (Å²) in [7, 11) is 0. The number of thiophene rings is 1. The van der Waals surface area contributed by atoms with Crippen molar-refractivity contribution in [3.05, 3.63) is 68.5 Å². The average molecular weight is 417 g/mol. The first kappa shape index (κ1) is 17.8. The molecule has 2 N–H and O–H groups in total. The van der Waals surface area contributed by atoms with Gasteiger partial charge in [-0.05, 0) is 53.4 Å². The van der Waals surface area contributed by atoms with Gasteiger partial charge in [-0.15, -0.1) is 11.3 Å². The van der Waals surface area contributed by atoms with E-state index in [9.17, 15) is 5.11 Å². The van der Waals surface area contributed by atoms with E-state index in [0.717, 1.165) is 15.5 Å². The van der Waals surface area contributed by atoms with Crippen molar-refractivity contribution in [2.75, 3.05) is 5.32 Å². The van der Waals surface area contributed by atoms with Gasteiger partial charge in [-0.2, -0.15) is 0 Å². The average Bonchev–Trinajstić information content (AvgIpc) is 2.99.